The van der Waals surface area contributed by atoms with Crippen LogP contribution in [0.1, 0.15) is 19.4 Å². The molecule has 1 aromatic rings. The highest BCUT2D eigenvalue weighted by atomic mass is 79.9. The number of rotatable bonds is 5. The topological polar surface area (TPSA) is 36.3 Å². The molecule has 0 aromatic heterocycles. The van der Waals surface area contributed by atoms with Crippen molar-refractivity contribution in [2.24, 2.45) is 0 Å². The van der Waals surface area contributed by atoms with Gasteiger partial charge in [0.05, 0.1) is 18.2 Å². The van der Waals surface area contributed by atoms with E-state index in [0.717, 1.165) is 16.7 Å². The largest absolute Gasteiger partial charge is 0.383 e. The minimum atomic E-state index is 0.283. The van der Waals surface area contributed by atoms with E-state index in [4.69, 9.17) is 10.00 Å². The fourth-order valence-corrected chi connectivity index (χ4v) is 2.37. The van der Waals surface area contributed by atoms with Crippen molar-refractivity contribution in [2.75, 3.05) is 25.2 Å². The normalized spacial score (nSPS) is 11.9. The Kier molecular flexibility index (Phi) is 5.46. The Morgan fingerprint density at radius 3 is 2.71 bits per heavy atom. The van der Waals surface area contributed by atoms with Gasteiger partial charge in [0.25, 0.3) is 0 Å². The fraction of sp³-hybridized carbons (Fsp3) is 0.462. The lowest BCUT2D eigenvalue weighted by Crippen LogP contribution is -2.36. The molecule has 0 aliphatic rings. The molecular formula is C13H17BrN2O. The molecule has 0 spiro atoms. The van der Waals surface area contributed by atoms with Gasteiger partial charge in [0, 0.05) is 29.9 Å². The smallest absolute Gasteiger partial charge is 0.0992 e. The maximum absolute atomic E-state index is 8.97. The van der Waals surface area contributed by atoms with Crippen LogP contribution in [0.25, 0.3) is 0 Å². The lowest BCUT2D eigenvalue weighted by atomic mass is 10.1. The predicted molar refractivity (Wildman–Crippen MR) is 73.2 cm³/mol. The summed E-state index contributed by atoms with van der Waals surface area (Å²) < 4.78 is 6.10. The van der Waals surface area contributed by atoms with Crippen molar-refractivity contribution in [1.82, 2.24) is 0 Å². The first-order valence-electron chi connectivity index (χ1n) is 5.58. The molecule has 0 amide bonds. The zero-order valence-electron chi connectivity index (χ0n) is 10.4. The molecule has 0 saturated heterocycles. The average Bonchev–Trinajstić information content (AvgIpc) is 2.29. The van der Waals surface area contributed by atoms with Gasteiger partial charge in [-0.2, -0.15) is 5.26 Å². The minimum absolute atomic E-state index is 0.283. The Balaban J connectivity index is 3.03. The molecule has 3 nitrogen and oxygen atoms in total. The van der Waals surface area contributed by atoms with E-state index in [1.807, 2.05) is 18.2 Å². The molecule has 1 unspecified atom stereocenters. The van der Waals surface area contributed by atoms with E-state index in [2.05, 4.69) is 40.7 Å². The monoisotopic (exact) mass is 296 g/mol. The van der Waals surface area contributed by atoms with Gasteiger partial charge in [0.15, 0.2) is 0 Å². The van der Waals surface area contributed by atoms with Crippen LogP contribution in [0.4, 0.5) is 5.69 Å². The van der Waals surface area contributed by atoms with E-state index in [1.165, 1.54) is 0 Å². The quantitative estimate of drug-likeness (QED) is 0.837. The maximum Gasteiger partial charge on any atom is 0.0992 e. The second-order valence-corrected chi connectivity index (χ2v) is 4.82. The van der Waals surface area contributed by atoms with Crippen LogP contribution in [-0.4, -0.2) is 26.3 Å². The zero-order valence-corrected chi connectivity index (χ0v) is 12.0. The molecule has 17 heavy (non-hydrogen) atoms. The van der Waals surface area contributed by atoms with Crippen LogP contribution in [0.2, 0.25) is 0 Å². The van der Waals surface area contributed by atoms with Crippen LogP contribution in [0, 0.1) is 11.3 Å². The van der Waals surface area contributed by atoms with Crippen molar-refractivity contribution in [3.8, 4) is 6.07 Å². The van der Waals surface area contributed by atoms with E-state index >= 15 is 0 Å². The molecule has 92 valence electrons. The first-order chi connectivity index (χ1) is 8.12. The van der Waals surface area contributed by atoms with Crippen molar-refractivity contribution in [2.45, 2.75) is 19.9 Å². The second kappa shape index (κ2) is 6.63. The van der Waals surface area contributed by atoms with Gasteiger partial charge in [0.1, 0.15) is 0 Å². The Hall–Kier alpha value is -1.05. The van der Waals surface area contributed by atoms with E-state index < -0.39 is 0 Å². The third-order valence-electron chi connectivity index (χ3n) is 2.62. The molecule has 0 bridgehead atoms. The second-order valence-electron chi connectivity index (χ2n) is 3.90. The zero-order chi connectivity index (χ0) is 12.8. The third kappa shape index (κ3) is 3.72. The fourth-order valence-electron chi connectivity index (χ4n) is 1.88. The van der Waals surface area contributed by atoms with Crippen LogP contribution in [0.15, 0.2) is 22.7 Å². The first kappa shape index (κ1) is 14.0. The Morgan fingerprint density at radius 2 is 2.18 bits per heavy atom. The lowest BCUT2D eigenvalue weighted by Gasteiger charge is -2.30. The number of methoxy groups -OCH3 is 1. The third-order valence-corrected chi connectivity index (χ3v) is 3.08. The summed E-state index contributed by atoms with van der Waals surface area (Å²) in [6.07, 6.45) is 0. The molecule has 0 aliphatic carbocycles. The van der Waals surface area contributed by atoms with Crippen molar-refractivity contribution >= 4 is 21.6 Å². The van der Waals surface area contributed by atoms with Crippen LogP contribution in [-0.2, 0) is 4.74 Å². The highest BCUT2D eigenvalue weighted by molar-refractivity contribution is 9.10. The van der Waals surface area contributed by atoms with Crippen molar-refractivity contribution in [3.05, 3.63) is 28.2 Å². The van der Waals surface area contributed by atoms with Crippen LogP contribution in [0.5, 0.6) is 0 Å². The molecule has 1 aromatic carbocycles. The Labute approximate surface area is 111 Å². The van der Waals surface area contributed by atoms with Gasteiger partial charge in [-0.25, -0.2) is 0 Å². The number of likely N-dealkylation sites (N-methyl/N-ethyl adjacent to an activating group) is 1. The number of ether oxygens (including phenoxy) is 1. The molecule has 4 heteroatoms. The van der Waals surface area contributed by atoms with Gasteiger partial charge >= 0.3 is 0 Å². The summed E-state index contributed by atoms with van der Waals surface area (Å²) in [5.74, 6) is 0. The summed E-state index contributed by atoms with van der Waals surface area (Å²) in [7, 11) is 1.70. The molecular weight excluding hydrogens is 280 g/mol. The van der Waals surface area contributed by atoms with Gasteiger partial charge in [-0.1, -0.05) is 15.9 Å². The predicted octanol–water partition coefficient (Wildman–Crippen LogP) is 3.18. The number of anilines is 1. The van der Waals surface area contributed by atoms with E-state index in [9.17, 15) is 0 Å². The SMILES string of the molecule is CCN(c1cc(Br)cc(C#N)c1)C(C)COC. The number of hydrogen-bond acceptors (Lipinski definition) is 3. The molecule has 0 fully saturated rings. The number of benzene rings is 1. The van der Waals surface area contributed by atoms with Gasteiger partial charge in [0.2, 0.25) is 0 Å². The van der Waals surface area contributed by atoms with E-state index in [-0.39, 0.29) is 6.04 Å². The average molecular weight is 297 g/mol. The van der Waals surface area contributed by atoms with Crippen molar-refractivity contribution < 1.29 is 4.74 Å². The molecule has 0 N–H and O–H groups in total. The molecule has 1 atom stereocenters. The van der Waals surface area contributed by atoms with Crippen molar-refractivity contribution in [1.29, 1.82) is 5.26 Å². The van der Waals surface area contributed by atoms with Gasteiger partial charge in [-0.15, -0.1) is 0 Å². The van der Waals surface area contributed by atoms with Crippen molar-refractivity contribution in [3.63, 3.8) is 0 Å². The number of halogens is 1. The summed E-state index contributed by atoms with van der Waals surface area (Å²) in [6.45, 7) is 5.76. The maximum atomic E-state index is 8.97. The van der Waals surface area contributed by atoms with Crippen LogP contribution < -0.4 is 4.90 Å². The molecule has 0 aliphatic heterocycles. The Bertz CT molecular complexity index is 414. The van der Waals surface area contributed by atoms with E-state index in [1.54, 1.807) is 7.11 Å². The standard InChI is InChI=1S/C13H17BrN2O/c1-4-16(10(2)9-17-3)13-6-11(8-15)5-12(14)7-13/h5-7,10H,4,9H2,1-3H3. The lowest BCUT2D eigenvalue weighted by molar-refractivity contribution is 0.182. The number of nitrogens with zero attached hydrogens (tertiary/aromatic N) is 2. The molecule has 1 rings (SSSR count). The number of hydrogen-bond donors (Lipinski definition) is 0. The highest BCUT2D eigenvalue weighted by Gasteiger charge is 2.13. The summed E-state index contributed by atoms with van der Waals surface area (Å²) in [5, 5.41) is 8.97. The molecule has 0 heterocycles. The van der Waals surface area contributed by atoms with Gasteiger partial charge < -0.3 is 9.64 Å². The summed E-state index contributed by atoms with van der Waals surface area (Å²) in [6, 6.07) is 8.20. The summed E-state index contributed by atoms with van der Waals surface area (Å²) in [5.41, 5.74) is 1.71. The minimum Gasteiger partial charge on any atom is -0.383 e. The molecule has 0 radical (unpaired) electrons. The van der Waals surface area contributed by atoms with E-state index in [0.29, 0.717) is 12.2 Å². The van der Waals surface area contributed by atoms with Gasteiger partial charge in [-0.05, 0) is 32.0 Å². The first-order valence-corrected chi connectivity index (χ1v) is 6.38. The molecule has 0 saturated carbocycles. The summed E-state index contributed by atoms with van der Waals surface area (Å²) in [4.78, 5) is 2.22. The highest BCUT2D eigenvalue weighted by Crippen LogP contribution is 2.24. The Morgan fingerprint density at radius 1 is 1.47 bits per heavy atom. The van der Waals surface area contributed by atoms with Gasteiger partial charge in [-0.3, -0.25) is 0 Å². The van der Waals surface area contributed by atoms with Crippen LogP contribution in [0.3, 0.4) is 0 Å². The summed E-state index contributed by atoms with van der Waals surface area (Å²) >= 11 is 3.43. The van der Waals surface area contributed by atoms with Crippen LogP contribution >= 0.6 is 15.9 Å². The number of nitriles is 1.